The maximum Gasteiger partial charge on any atom is 0.332 e. The Morgan fingerprint density at radius 2 is 1.39 bits per heavy atom. The van der Waals surface area contributed by atoms with Gasteiger partial charge in [0.25, 0.3) is 5.91 Å². The normalized spacial score (nSPS) is 21.7. The van der Waals surface area contributed by atoms with Crippen LogP contribution in [0.25, 0.3) is 0 Å². The number of rotatable bonds is 6. The van der Waals surface area contributed by atoms with E-state index in [1.165, 1.54) is 4.90 Å². The van der Waals surface area contributed by atoms with Crippen molar-refractivity contribution in [2.45, 2.75) is 77.0 Å². The highest BCUT2D eigenvalue weighted by molar-refractivity contribution is 6.23. The maximum absolute atomic E-state index is 14.2. The minimum absolute atomic E-state index is 0.147. The number of piperidine rings is 1. The third-order valence-corrected chi connectivity index (χ3v) is 6.71. The van der Waals surface area contributed by atoms with Crippen molar-refractivity contribution < 1.29 is 14.4 Å². The number of urea groups is 1. The van der Waals surface area contributed by atoms with Crippen LogP contribution in [0.1, 0.15) is 59.4 Å². The molecule has 0 unspecified atom stereocenters. The van der Waals surface area contributed by atoms with Gasteiger partial charge < -0.3 is 4.90 Å². The summed E-state index contributed by atoms with van der Waals surface area (Å²) in [5, 5.41) is 2.05. The van der Waals surface area contributed by atoms with Gasteiger partial charge in [0, 0.05) is 30.5 Å². The van der Waals surface area contributed by atoms with Crippen molar-refractivity contribution in [2.24, 2.45) is 0 Å². The SMILES string of the molecule is CCCON1C(C)(C)CC2(CC1(C)C)C(=O)N(c1ccccc1)C(=O)N2Cc1ccccc1. The Bertz CT molecular complexity index is 986. The Kier molecular flexibility index (Phi) is 6.10. The second kappa shape index (κ2) is 8.58. The molecule has 33 heavy (non-hydrogen) atoms. The Morgan fingerprint density at radius 3 is 1.94 bits per heavy atom. The first-order valence-corrected chi connectivity index (χ1v) is 11.8. The summed E-state index contributed by atoms with van der Waals surface area (Å²) in [5.41, 5.74) is -0.235. The van der Waals surface area contributed by atoms with Crippen LogP contribution in [0.2, 0.25) is 0 Å². The number of benzene rings is 2. The van der Waals surface area contributed by atoms with Crippen LogP contribution in [-0.4, -0.2) is 45.1 Å². The van der Waals surface area contributed by atoms with E-state index in [1.54, 1.807) is 4.90 Å². The van der Waals surface area contributed by atoms with Gasteiger partial charge in [-0.15, -0.1) is 0 Å². The van der Waals surface area contributed by atoms with Gasteiger partial charge in [0.15, 0.2) is 0 Å². The molecule has 2 fully saturated rings. The first-order valence-electron chi connectivity index (χ1n) is 11.8. The largest absolute Gasteiger partial charge is 0.332 e. The molecular weight excluding hydrogens is 414 g/mol. The van der Waals surface area contributed by atoms with Crippen molar-refractivity contribution in [2.75, 3.05) is 11.5 Å². The average Bonchev–Trinajstić information content (AvgIpc) is 2.94. The number of carbonyl (C=O) groups excluding carboxylic acids is 2. The second-order valence-electron chi connectivity index (χ2n) is 10.5. The van der Waals surface area contributed by atoms with Crippen molar-refractivity contribution in [3.63, 3.8) is 0 Å². The summed E-state index contributed by atoms with van der Waals surface area (Å²) in [5.74, 6) is -0.147. The van der Waals surface area contributed by atoms with Gasteiger partial charge in [-0.25, -0.2) is 9.69 Å². The number of amides is 3. The van der Waals surface area contributed by atoms with Gasteiger partial charge in [0.2, 0.25) is 0 Å². The maximum atomic E-state index is 14.2. The third kappa shape index (κ3) is 4.06. The molecule has 6 nitrogen and oxygen atoms in total. The first kappa shape index (κ1) is 23.5. The summed E-state index contributed by atoms with van der Waals surface area (Å²) in [6.07, 6.45) is 1.90. The first-order chi connectivity index (χ1) is 15.6. The van der Waals surface area contributed by atoms with E-state index in [2.05, 4.69) is 39.7 Å². The molecule has 1 spiro atoms. The molecule has 0 aliphatic carbocycles. The molecule has 6 heteroatoms. The minimum atomic E-state index is -0.957. The summed E-state index contributed by atoms with van der Waals surface area (Å²) in [6.45, 7) is 11.5. The van der Waals surface area contributed by atoms with Crippen LogP contribution in [0.3, 0.4) is 0 Å². The van der Waals surface area contributed by atoms with Crippen molar-refractivity contribution in [3.05, 3.63) is 66.2 Å². The van der Waals surface area contributed by atoms with Crippen LogP contribution in [0, 0.1) is 0 Å². The van der Waals surface area contributed by atoms with Crippen LogP contribution in [0.4, 0.5) is 10.5 Å². The number of imide groups is 1. The highest BCUT2D eigenvalue weighted by atomic mass is 16.7. The topological polar surface area (TPSA) is 53.1 Å². The number of para-hydroxylation sites is 1. The fourth-order valence-electron chi connectivity index (χ4n) is 5.83. The van der Waals surface area contributed by atoms with Crippen LogP contribution in [0.15, 0.2) is 60.7 Å². The molecule has 0 saturated carbocycles. The Balaban J connectivity index is 1.80. The molecule has 2 aliphatic rings. The van der Waals surface area contributed by atoms with E-state index in [1.807, 2.05) is 60.7 Å². The molecule has 0 radical (unpaired) electrons. The lowest BCUT2D eigenvalue weighted by Crippen LogP contribution is -2.69. The fraction of sp³-hybridized carbons (Fsp3) is 0.481. The van der Waals surface area contributed by atoms with Gasteiger partial charge in [-0.1, -0.05) is 55.5 Å². The van der Waals surface area contributed by atoms with Crippen LogP contribution in [-0.2, 0) is 16.2 Å². The number of anilines is 1. The number of hydroxylamine groups is 2. The number of nitrogens with zero attached hydrogens (tertiary/aromatic N) is 3. The van der Waals surface area contributed by atoms with Gasteiger partial charge in [-0.05, 0) is 51.8 Å². The Labute approximate surface area is 197 Å². The quantitative estimate of drug-likeness (QED) is 0.555. The monoisotopic (exact) mass is 449 g/mol. The van der Waals surface area contributed by atoms with Crippen LogP contribution >= 0.6 is 0 Å². The van der Waals surface area contributed by atoms with Gasteiger partial charge in [0.05, 0.1) is 12.3 Å². The number of carbonyl (C=O) groups is 2. The minimum Gasteiger partial charge on any atom is -0.305 e. The molecule has 4 rings (SSSR count). The predicted octanol–water partition coefficient (Wildman–Crippen LogP) is 5.39. The van der Waals surface area contributed by atoms with Crippen molar-refractivity contribution in [1.82, 2.24) is 9.96 Å². The molecule has 2 aromatic rings. The highest BCUT2D eigenvalue weighted by Crippen LogP contribution is 2.50. The van der Waals surface area contributed by atoms with Crippen molar-refractivity contribution in [3.8, 4) is 0 Å². The number of hydrogen-bond acceptors (Lipinski definition) is 4. The summed E-state index contributed by atoms with van der Waals surface area (Å²) >= 11 is 0. The van der Waals surface area contributed by atoms with E-state index in [0.717, 1.165) is 12.0 Å². The van der Waals surface area contributed by atoms with E-state index < -0.39 is 16.6 Å². The molecule has 3 amide bonds. The average molecular weight is 450 g/mol. The van der Waals surface area contributed by atoms with Gasteiger partial charge >= 0.3 is 6.03 Å². The van der Waals surface area contributed by atoms with Crippen LogP contribution < -0.4 is 4.90 Å². The Hall–Kier alpha value is -2.70. The second-order valence-corrected chi connectivity index (χ2v) is 10.5. The summed E-state index contributed by atoms with van der Waals surface area (Å²) in [4.78, 5) is 37.4. The fourth-order valence-corrected chi connectivity index (χ4v) is 5.83. The molecule has 2 aromatic carbocycles. The smallest absolute Gasteiger partial charge is 0.305 e. The molecule has 0 bridgehead atoms. The predicted molar refractivity (Wildman–Crippen MR) is 130 cm³/mol. The summed E-state index contributed by atoms with van der Waals surface area (Å²) in [7, 11) is 0. The highest BCUT2D eigenvalue weighted by Gasteiger charge is 2.65. The lowest BCUT2D eigenvalue weighted by molar-refractivity contribution is -0.293. The molecule has 2 saturated heterocycles. The van der Waals surface area contributed by atoms with Gasteiger partial charge in [-0.3, -0.25) is 9.63 Å². The standard InChI is InChI=1S/C27H35N3O3/c1-6-17-33-30-25(2,3)19-27(20-26(30,4)5)23(31)29(22-15-11-8-12-16-22)24(32)28(27)18-21-13-9-7-10-14-21/h7-16H,6,17-20H2,1-5H3. The van der Waals surface area contributed by atoms with Gasteiger partial charge in [-0.2, -0.15) is 5.06 Å². The lowest BCUT2D eigenvalue weighted by atomic mass is 9.69. The van der Waals surface area contributed by atoms with Crippen LogP contribution in [0.5, 0.6) is 0 Å². The van der Waals surface area contributed by atoms with Crippen molar-refractivity contribution in [1.29, 1.82) is 0 Å². The van der Waals surface area contributed by atoms with E-state index in [0.29, 0.717) is 31.7 Å². The van der Waals surface area contributed by atoms with Gasteiger partial charge in [0.1, 0.15) is 5.54 Å². The molecule has 2 aliphatic heterocycles. The molecule has 2 heterocycles. The molecule has 176 valence electrons. The van der Waals surface area contributed by atoms with E-state index in [-0.39, 0.29) is 11.9 Å². The molecule has 0 atom stereocenters. The van der Waals surface area contributed by atoms with E-state index in [4.69, 9.17) is 4.84 Å². The zero-order chi connectivity index (χ0) is 23.9. The lowest BCUT2D eigenvalue weighted by Gasteiger charge is -2.58. The molecule has 0 N–H and O–H groups in total. The molecule has 0 aromatic heterocycles. The summed E-state index contributed by atoms with van der Waals surface area (Å²) in [6, 6.07) is 18.9. The summed E-state index contributed by atoms with van der Waals surface area (Å²) < 4.78 is 0. The molecular formula is C27H35N3O3. The van der Waals surface area contributed by atoms with E-state index >= 15 is 0 Å². The third-order valence-electron chi connectivity index (χ3n) is 6.71. The van der Waals surface area contributed by atoms with E-state index in [9.17, 15) is 9.59 Å². The number of hydrogen-bond donors (Lipinski definition) is 0. The Morgan fingerprint density at radius 1 is 0.848 bits per heavy atom. The zero-order valence-corrected chi connectivity index (χ0v) is 20.4. The zero-order valence-electron chi connectivity index (χ0n) is 20.4. The van der Waals surface area contributed by atoms with Crippen molar-refractivity contribution >= 4 is 17.6 Å².